The number of ether oxygens (including phenoxy) is 1. The van der Waals surface area contributed by atoms with Gasteiger partial charge in [0.05, 0.1) is 12.2 Å². The molecular weight excluding hydrogens is 345 g/mol. The van der Waals surface area contributed by atoms with Crippen molar-refractivity contribution in [3.05, 3.63) is 52.3 Å². The summed E-state index contributed by atoms with van der Waals surface area (Å²) in [4.78, 5) is 24.5. The van der Waals surface area contributed by atoms with E-state index in [1.807, 2.05) is 6.92 Å². The molecule has 1 amide bonds. The summed E-state index contributed by atoms with van der Waals surface area (Å²) < 4.78 is 19.8. The maximum absolute atomic E-state index is 13.0. The Kier molecular flexibility index (Phi) is 4.80. The van der Waals surface area contributed by atoms with Gasteiger partial charge >= 0.3 is 5.97 Å². The van der Waals surface area contributed by atoms with Gasteiger partial charge < -0.3 is 10.1 Å². The Morgan fingerprint density at radius 2 is 2.04 bits per heavy atom. The van der Waals surface area contributed by atoms with Gasteiger partial charge in [0.15, 0.2) is 6.61 Å². The topological polar surface area (TPSA) is 73.2 Å². The highest BCUT2D eigenvalue weighted by molar-refractivity contribution is 7.20. The standard InChI is InChI=1S/C17H16FN3O3S/c1-10-13-7-14(17(23)24-9-15(22)19-2)25-16(13)21(20-10)8-11-3-5-12(18)6-4-11/h3-7H,8-9H2,1-2H3,(H,19,22). The zero-order valence-corrected chi connectivity index (χ0v) is 14.5. The molecule has 1 N–H and O–H groups in total. The number of fused-ring (bicyclic) bond motifs is 1. The molecule has 1 aromatic carbocycles. The number of aromatic nitrogens is 2. The Morgan fingerprint density at radius 1 is 1.32 bits per heavy atom. The Balaban J connectivity index is 1.84. The minimum atomic E-state index is -0.544. The lowest BCUT2D eigenvalue weighted by molar-refractivity contribution is -0.123. The van der Waals surface area contributed by atoms with Crippen LogP contribution in [0.1, 0.15) is 20.9 Å². The number of nitrogens with one attached hydrogen (secondary N) is 1. The number of hydrogen-bond donors (Lipinski definition) is 1. The summed E-state index contributed by atoms with van der Waals surface area (Å²) in [6.07, 6.45) is 0. The number of likely N-dealkylation sites (N-methyl/N-ethyl adjacent to an activating group) is 1. The highest BCUT2D eigenvalue weighted by atomic mass is 32.1. The van der Waals surface area contributed by atoms with Crippen LogP contribution in [0.3, 0.4) is 0 Å². The van der Waals surface area contributed by atoms with Crippen LogP contribution in [-0.4, -0.2) is 35.3 Å². The van der Waals surface area contributed by atoms with E-state index in [-0.39, 0.29) is 18.3 Å². The van der Waals surface area contributed by atoms with Crippen molar-refractivity contribution in [2.75, 3.05) is 13.7 Å². The summed E-state index contributed by atoms with van der Waals surface area (Å²) in [7, 11) is 1.48. The summed E-state index contributed by atoms with van der Waals surface area (Å²) in [6.45, 7) is 2.01. The highest BCUT2D eigenvalue weighted by Crippen LogP contribution is 2.29. The van der Waals surface area contributed by atoms with E-state index in [1.165, 1.54) is 30.5 Å². The molecule has 2 heterocycles. The van der Waals surface area contributed by atoms with Crippen molar-refractivity contribution in [3.8, 4) is 0 Å². The van der Waals surface area contributed by atoms with Gasteiger partial charge in [-0.2, -0.15) is 5.10 Å². The van der Waals surface area contributed by atoms with Gasteiger partial charge in [0.25, 0.3) is 5.91 Å². The molecule has 0 aliphatic rings. The minimum Gasteiger partial charge on any atom is -0.451 e. The lowest BCUT2D eigenvalue weighted by atomic mass is 10.2. The number of hydrogen-bond acceptors (Lipinski definition) is 5. The molecule has 8 heteroatoms. The zero-order chi connectivity index (χ0) is 18.0. The van der Waals surface area contributed by atoms with Gasteiger partial charge in [-0.3, -0.25) is 9.48 Å². The Hall–Kier alpha value is -2.74. The van der Waals surface area contributed by atoms with Crippen LogP contribution in [0.2, 0.25) is 0 Å². The Morgan fingerprint density at radius 3 is 2.72 bits per heavy atom. The average molecular weight is 361 g/mol. The maximum atomic E-state index is 13.0. The molecule has 3 aromatic rings. The molecule has 2 aromatic heterocycles. The van der Waals surface area contributed by atoms with Gasteiger partial charge in [0, 0.05) is 12.4 Å². The number of carbonyl (C=O) groups excluding carboxylic acids is 2. The van der Waals surface area contributed by atoms with E-state index in [9.17, 15) is 14.0 Å². The normalized spacial score (nSPS) is 10.8. The van der Waals surface area contributed by atoms with Crippen molar-refractivity contribution in [2.45, 2.75) is 13.5 Å². The number of amides is 1. The molecule has 0 bridgehead atoms. The average Bonchev–Trinajstić information content (AvgIpc) is 3.16. The molecule has 0 radical (unpaired) electrons. The number of carbonyl (C=O) groups is 2. The van der Waals surface area contributed by atoms with Gasteiger partial charge in [0.2, 0.25) is 0 Å². The predicted molar refractivity (Wildman–Crippen MR) is 92.2 cm³/mol. The summed E-state index contributed by atoms with van der Waals surface area (Å²) in [6, 6.07) is 7.92. The molecule has 0 saturated carbocycles. The number of rotatable bonds is 5. The smallest absolute Gasteiger partial charge is 0.348 e. The number of benzene rings is 1. The molecule has 3 rings (SSSR count). The lowest BCUT2D eigenvalue weighted by Crippen LogP contribution is -2.24. The van der Waals surface area contributed by atoms with Gasteiger partial charge in [-0.25, -0.2) is 9.18 Å². The van der Waals surface area contributed by atoms with E-state index in [2.05, 4.69) is 10.4 Å². The minimum absolute atomic E-state index is 0.289. The van der Waals surface area contributed by atoms with Crippen molar-refractivity contribution in [3.63, 3.8) is 0 Å². The molecule has 0 spiro atoms. The third-order valence-electron chi connectivity index (χ3n) is 3.67. The second kappa shape index (κ2) is 7.02. The number of aryl methyl sites for hydroxylation is 1. The Labute approximate surface area is 147 Å². The number of esters is 1. The first-order valence-electron chi connectivity index (χ1n) is 7.57. The summed E-state index contributed by atoms with van der Waals surface area (Å²) in [5, 5.41) is 7.72. The molecule has 0 fully saturated rings. The number of thiophene rings is 1. The molecule has 0 saturated heterocycles. The fourth-order valence-electron chi connectivity index (χ4n) is 2.36. The molecule has 25 heavy (non-hydrogen) atoms. The summed E-state index contributed by atoms with van der Waals surface area (Å²) in [5.74, 6) is -1.20. The predicted octanol–water partition coefficient (Wildman–Crippen LogP) is 2.50. The van der Waals surface area contributed by atoms with Crippen molar-refractivity contribution in [2.24, 2.45) is 0 Å². The third-order valence-corrected chi connectivity index (χ3v) is 4.80. The maximum Gasteiger partial charge on any atom is 0.348 e. The van der Waals surface area contributed by atoms with Crippen molar-refractivity contribution in [1.82, 2.24) is 15.1 Å². The number of nitrogens with zero attached hydrogens (tertiary/aromatic N) is 2. The summed E-state index contributed by atoms with van der Waals surface area (Å²) >= 11 is 1.25. The van der Waals surface area contributed by atoms with Crippen LogP contribution in [0.5, 0.6) is 0 Å². The van der Waals surface area contributed by atoms with Crippen LogP contribution in [-0.2, 0) is 16.1 Å². The van der Waals surface area contributed by atoms with Crippen LogP contribution in [0, 0.1) is 12.7 Å². The van der Waals surface area contributed by atoms with Crippen molar-refractivity contribution in [1.29, 1.82) is 0 Å². The van der Waals surface area contributed by atoms with E-state index >= 15 is 0 Å². The molecule has 6 nitrogen and oxygen atoms in total. The van der Waals surface area contributed by atoms with Crippen LogP contribution < -0.4 is 5.32 Å². The Bertz CT molecular complexity index is 931. The lowest BCUT2D eigenvalue weighted by Gasteiger charge is -2.03. The van der Waals surface area contributed by atoms with Crippen molar-refractivity contribution < 1.29 is 18.7 Å². The fraction of sp³-hybridized carbons (Fsp3) is 0.235. The number of halogens is 1. The molecule has 0 aliphatic carbocycles. The van der Waals surface area contributed by atoms with Crippen molar-refractivity contribution >= 4 is 33.4 Å². The molecule has 0 unspecified atom stereocenters. The molecule has 130 valence electrons. The van der Waals surface area contributed by atoms with Gasteiger partial charge in [-0.05, 0) is 30.7 Å². The van der Waals surface area contributed by atoms with E-state index in [1.54, 1.807) is 22.9 Å². The fourth-order valence-corrected chi connectivity index (χ4v) is 3.41. The van der Waals surface area contributed by atoms with E-state index < -0.39 is 5.97 Å². The van der Waals surface area contributed by atoms with Crippen LogP contribution >= 0.6 is 11.3 Å². The first-order chi connectivity index (χ1) is 12.0. The van der Waals surface area contributed by atoms with Crippen LogP contribution in [0.15, 0.2) is 30.3 Å². The van der Waals surface area contributed by atoms with Gasteiger partial charge in [0.1, 0.15) is 15.5 Å². The van der Waals surface area contributed by atoms with Crippen LogP contribution in [0.4, 0.5) is 4.39 Å². The highest BCUT2D eigenvalue weighted by Gasteiger charge is 2.18. The largest absolute Gasteiger partial charge is 0.451 e. The second-order valence-electron chi connectivity index (χ2n) is 5.45. The molecule has 0 atom stereocenters. The SMILES string of the molecule is CNC(=O)COC(=O)c1cc2c(C)nn(Cc3ccc(F)cc3)c2s1. The van der Waals surface area contributed by atoms with Gasteiger partial charge in [-0.15, -0.1) is 11.3 Å². The van der Waals surface area contributed by atoms with Gasteiger partial charge in [-0.1, -0.05) is 12.1 Å². The quantitative estimate of drug-likeness (QED) is 0.709. The molecular formula is C17H16FN3O3S. The second-order valence-corrected chi connectivity index (χ2v) is 6.48. The van der Waals surface area contributed by atoms with E-state index in [4.69, 9.17) is 4.74 Å². The van der Waals surface area contributed by atoms with E-state index in [0.29, 0.717) is 11.4 Å². The summed E-state index contributed by atoms with van der Waals surface area (Å²) in [5.41, 5.74) is 1.70. The monoisotopic (exact) mass is 361 g/mol. The third kappa shape index (κ3) is 3.69. The zero-order valence-electron chi connectivity index (χ0n) is 13.7. The molecule has 0 aliphatic heterocycles. The first kappa shape index (κ1) is 17.1. The first-order valence-corrected chi connectivity index (χ1v) is 8.38. The van der Waals surface area contributed by atoms with E-state index in [0.717, 1.165) is 21.5 Å². The van der Waals surface area contributed by atoms with Crippen LogP contribution in [0.25, 0.3) is 10.2 Å².